The summed E-state index contributed by atoms with van der Waals surface area (Å²) >= 11 is 0. The standard InChI is InChI=1S/C26H23N3O4S/c30-25(18-9-12-21-24(15-18)34(32,33)29(26(21)31)20-10-11-20)27-22-7-3-1-6-19(22)16-28-14-13-17-5-2-4-8-23(17)28/h1-9,12,15,20H,10-11,13-14,16H2,(H,27,30). The first-order valence-corrected chi connectivity index (χ1v) is 12.8. The number of nitrogens with zero attached hydrogens (tertiary/aromatic N) is 2. The van der Waals surface area contributed by atoms with Crippen molar-refractivity contribution in [2.75, 3.05) is 16.8 Å². The molecule has 0 unspecified atom stereocenters. The van der Waals surface area contributed by atoms with Crippen molar-refractivity contribution in [2.45, 2.75) is 36.7 Å². The van der Waals surface area contributed by atoms with Crippen molar-refractivity contribution in [3.8, 4) is 0 Å². The van der Waals surface area contributed by atoms with E-state index in [0.29, 0.717) is 25.1 Å². The Balaban J connectivity index is 1.25. The summed E-state index contributed by atoms with van der Waals surface area (Å²) in [6, 6.07) is 20.0. The molecule has 1 aliphatic carbocycles. The second kappa shape index (κ2) is 7.70. The lowest BCUT2D eigenvalue weighted by molar-refractivity contribution is 0.0864. The van der Waals surface area contributed by atoms with E-state index in [9.17, 15) is 18.0 Å². The molecular weight excluding hydrogens is 450 g/mol. The van der Waals surface area contributed by atoms with Gasteiger partial charge in [0.15, 0.2) is 0 Å². The van der Waals surface area contributed by atoms with Crippen molar-refractivity contribution in [3.05, 3.63) is 89.0 Å². The third-order valence-corrected chi connectivity index (χ3v) is 8.58. The van der Waals surface area contributed by atoms with Crippen LogP contribution < -0.4 is 10.2 Å². The van der Waals surface area contributed by atoms with E-state index in [1.165, 1.54) is 29.4 Å². The lowest BCUT2D eigenvalue weighted by atomic mass is 10.1. The van der Waals surface area contributed by atoms with Gasteiger partial charge in [0.2, 0.25) is 0 Å². The maximum Gasteiger partial charge on any atom is 0.269 e. The number of sulfonamides is 1. The molecule has 2 aliphatic heterocycles. The van der Waals surface area contributed by atoms with Crippen molar-refractivity contribution < 1.29 is 18.0 Å². The number of fused-ring (bicyclic) bond motifs is 2. The van der Waals surface area contributed by atoms with Gasteiger partial charge in [0, 0.05) is 36.1 Å². The highest BCUT2D eigenvalue weighted by molar-refractivity contribution is 7.90. The third-order valence-electron chi connectivity index (χ3n) is 6.70. The van der Waals surface area contributed by atoms with Crippen LogP contribution in [0.4, 0.5) is 11.4 Å². The first-order chi connectivity index (χ1) is 16.4. The van der Waals surface area contributed by atoms with Gasteiger partial charge in [0.05, 0.1) is 5.56 Å². The van der Waals surface area contributed by atoms with Crippen LogP contribution in [0.2, 0.25) is 0 Å². The van der Waals surface area contributed by atoms with Crippen LogP contribution >= 0.6 is 0 Å². The van der Waals surface area contributed by atoms with Crippen molar-refractivity contribution in [1.29, 1.82) is 0 Å². The summed E-state index contributed by atoms with van der Waals surface area (Å²) in [6.45, 7) is 1.56. The molecule has 34 heavy (non-hydrogen) atoms. The molecule has 0 radical (unpaired) electrons. The monoisotopic (exact) mass is 473 g/mol. The number of para-hydroxylation sites is 2. The average molecular weight is 474 g/mol. The lowest BCUT2D eigenvalue weighted by Crippen LogP contribution is -2.31. The molecule has 3 aliphatic rings. The van der Waals surface area contributed by atoms with E-state index < -0.39 is 21.8 Å². The summed E-state index contributed by atoms with van der Waals surface area (Å²) in [4.78, 5) is 27.9. The number of carbonyl (C=O) groups is 2. The minimum absolute atomic E-state index is 0.0843. The highest BCUT2D eigenvalue weighted by Crippen LogP contribution is 2.40. The minimum Gasteiger partial charge on any atom is -0.367 e. The minimum atomic E-state index is -3.92. The maximum atomic E-state index is 13.1. The topological polar surface area (TPSA) is 86.8 Å². The molecule has 2 heterocycles. The third kappa shape index (κ3) is 3.37. The normalized spacial score (nSPS) is 18.1. The molecular formula is C26H23N3O4S. The van der Waals surface area contributed by atoms with Gasteiger partial charge in [-0.2, -0.15) is 0 Å². The fourth-order valence-electron chi connectivity index (χ4n) is 4.81. The van der Waals surface area contributed by atoms with Gasteiger partial charge in [0.25, 0.3) is 21.8 Å². The van der Waals surface area contributed by atoms with Crippen molar-refractivity contribution in [2.24, 2.45) is 0 Å². The Bertz CT molecular complexity index is 1450. The van der Waals surface area contributed by atoms with E-state index in [1.54, 1.807) is 0 Å². The Labute approximate surface area is 198 Å². The van der Waals surface area contributed by atoms with E-state index in [1.807, 2.05) is 36.4 Å². The van der Waals surface area contributed by atoms with Crippen LogP contribution in [0.5, 0.6) is 0 Å². The molecule has 7 nitrogen and oxygen atoms in total. The van der Waals surface area contributed by atoms with Crippen LogP contribution in [-0.4, -0.2) is 37.1 Å². The number of benzene rings is 3. The van der Waals surface area contributed by atoms with Crippen LogP contribution in [0.1, 0.15) is 44.7 Å². The number of carbonyl (C=O) groups excluding carboxylic acids is 2. The average Bonchev–Trinajstić information content (AvgIpc) is 3.55. The molecule has 0 spiro atoms. The van der Waals surface area contributed by atoms with Gasteiger partial charge in [-0.25, -0.2) is 12.7 Å². The fraction of sp³-hybridized carbons (Fsp3) is 0.231. The van der Waals surface area contributed by atoms with Gasteiger partial charge in [-0.1, -0.05) is 36.4 Å². The summed E-state index contributed by atoms with van der Waals surface area (Å²) in [5.74, 6) is -0.912. The van der Waals surface area contributed by atoms with Crippen molar-refractivity contribution in [1.82, 2.24) is 4.31 Å². The summed E-state index contributed by atoms with van der Waals surface area (Å²) in [5.41, 5.74) is 4.51. The van der Waals surface area contributed by atoms with E-state index >= 15 is 0 Å². The largest absolute Gasteiger partial charge is 0.367 e. The quantitative estimate of drug-likeness (QED) is 0.609. The van der Waals surface area contributed by atoms with E-state index in [0.717, 1.165) is 22.8 Å². The molecule has 0 aromatic heterocycles. The number of nitrogens with one attached hydrogen (secondary N) is 1. The molecule has 8 heteroatoms. The predicted octanol–water partition coefficient (Wildman–Crippen LogP) is 3.81. The highest BCUT2D eigenvalue weighted by atomic mass is 32.2. The Morgan fingerprint density at radius 2 is 1.76 bits per heavy atom. The zero-order valence-corrected chi connectivity index (χ0v) is 19.2. The van der Waals surface area contributed by atoms with E-state index in [2.05, 4.69) is 22.3 Å². The fourth-order valence-corrected chi connectivity index (χ4v) is 6.65. The predicted molar refractivity (Wildman–Crippen MR) is 128 cm³/mol. The molecule has 0 saturated heterocycles. The summed E-state index contributed by atoms with van der Waals surface area (Å²) in [5, 5.41) is 2.94. The zero-order valence-electron chi connectivity index (χ0n) is 18.4. The first-order valence-electron chi connectivity index (χ1n) is 11.4. The van der Waals surface area contributed by atoms with Crippen molar-refractivity contribution in [3.63, 3.8) is 0 Å². The first kappa shape index (κ1) is 20.9. The molecule has 0 bridgehead atoms. The summed E-state index contributed by atoms with van der Waals surface area (Å²) in [7, 11) is -3.92. The number of anilines is 2. The molecule has 3 aromatic carbocycles. The van der Waals surface area contributed by atoms with Crippen LogP contribution in [0, 0.1) is 0 Å². The summed E-state index contributed by atoms with van der Waals surface area (Å²) in [6.07, 6.45) is 2.36. The van der Waals surface area contributed by atoms with Gasteiger partial charge < -0.3 is 10.2 Å². The number of hydrogen-bond acceptors (Lipinski definition) is 5. The highest BCUT2D eigenvalue weighted by Gasteiger charge is 2.48. The lowest BCUT2D eigenvalue weighted by Gasteiger charge is -2.21. The smallest absolute Gasteiger partial charge is 0.269 e. The number of amides is 2. The molecule has 6 rings (SSSR count). The van der Waals surface area contributed by atoms with Gasteiger partial charge in [0.1, 0.15) is 4.90 Å². The molecule has 3 aromatic rings. The number of rotatable bonds is 5. The van der Waals surface area contributed by atoms with Crippen LogP contribution in [0.25, 0.3) is 0 Å². The maximum absolute atomic E-state index is 13.1. The van der Waals surface area contributed by atoms with E-state index in [4.69, 9.17) is 0 Å². The van der Waals surface area contributed by atoms with Gasteiger partial charge in [-0.15, -0.1) is 0 Å². The molecule has 1 saturated carbocycles. The second-order valence-corrected chi connectivity index (χ2v) is 10.7. The summed E-state index contributed by atoms with van der Waals surface area (Å²) < 4.78 is 26.8. The molecule has 1 N–H and O–H groups in total. The Hall–Kier alpha value is -3.65. The van der Waals surface area contributed by atoms with Gasteiger partial charge in [-0.3, -0.25) is 9.59 Å². The Morgan fingerprint density at radius 1 is 1.00 bits per heavy atom. The zero-order chi connectivity index (χ0) is 23.4. The molecule has 2 amide bonds. The second-order valence-electron chi connectivity index (χ2n) is 8.96. The van der Waals surface area contributed by atoms with Crippen LogP contribution in [-0.2, 0) is 23.0 Å². The van der Waals surface area contributed by atoms with Gasteiger partial charge >= 0.3 is 0 Å². The van der Waals surface area contributed by atoms with Crippen LogP contribution in [0.15, 0.2) is 71.6 Å². The molecule has 0 atom stereocenters. The molecule has 172 valence electrons. The molecule has 1 fully saturated rings. The number of hydrogen-bond donors (Lipinski definition) is 1. The Kier molecular flexibility index (Phi) is 4.74. The van der Waals surface area contributed by atoms with Crippen LogP contribution in [0.3, 0.4) is 0 Å². The van der Waals surface area contributed by atoms with Gasteiger partial charge in [-0.05, 0) is 60.7 Å². The van der Waals surface area contributed by atoms with Crippen molar-refractivity contribution >= 4 is 33.2 Å². The van der Waals surface area contributed by atoms with E-state index in [-0.39, 0.29) is 22.1 Å². The SMILES string of the molecule is O=C(Nc1ccccc1CN1CCc2ccccc21)c1ccc2c(c1)S(=O)(=O)N(C1CC1)C2=O. The Morgan fingerprint density at radius 3 is 2.59 bits per heavy atom.